The zero-order valence-electron chi connectivity index (χ0n) is 14.5. The third kappa shape index (κ3) is 3.19. The van der Waals surface area contributed by atoms with Gasteiger partial charge in [-0.1, -0.05) is 54.6 Å². The quantitative estimate of drug-likeness (QED) is 0.702. The van der Waals surface area contributed by atoms with Gasteiger partial charge in [-0.25, -0.2) is 0 Å². The number of benzene rings is 3. The van der Waals surface area contributed by atoms with Crippen LogP contribution in [0.3, 0.4) is 0 Å². The van der Waals surface area contributed by atoms with Crippen LogP contribution in [0.5, 0.6) is 0 Å². The van der Waals surface area contributed by atoms with Crippen LogP contribution in [0.2, 0.25) is 0 Å². The first-order chi connectivity index (χ1) is 12.7. The number of anilines is 2. The summed E-state index contributed by atoms with van der Waals surface area (Å²) in [7, 11) is 0. The van der Waals surface area contributed by atoms with E-state index in [2.05, 4.69) is 53.5 Å². The molecule has 130 valence electrons. The first-order valence-corrected chi connectivity index (χ1v) is 8.81. The first-order valence-electron chi connectivity index (χ1n) is 8.81. The Bertz CT molecular complexity index is 899. The topological polar surface area (TPSA) is 67.6 Å². The van der Waals surface area contributed by atoms with Crippen molar-refractivity contribution >= 4 is 17.1 Å². The maximum Gasteiger partial charge on any atom is 0.0831 e. The van der Waals surface area contributed by atoms with E-state index >= 15 is 0 Å². The highest BCUT2D eigenvalue weighted by Crippen LogP contribution is 2.36. The molecule has 4 nitrogen and oxygen atoms in total. The smallest absolute Gasteiger partial charge is 0.0831 e. The molecule has 1 unspecified atom stereocenters. The first kappa shape index (κ1) is 16.4. The average Bonchev–Trinajstić information content (AvgIpc) is 3.15. The molecule has 1 heterocycles. The van der Waals surface area contributed by atoms with Gasteiger partial charge in [0.25, 0.3) is 0 Å². The second-order valence-electron chi connectivity index (χ2n) is 6.51. The Morgan fingerprint density at radius 2 is 1.58 bits per heavy atom. The third-order valence-corrected chi connectivity index (χ3v) is 4.78. The molecular formula is C22H22N4. The minimum absolute atomic E-state index is 0.155. The van der Waals surface area contributed by atoms with Crippen molar-refractivity contribution in [3.63, 3.8) is 0 Å². The van der Waals surface area contributed by atoms with Crippen LogP contribution in [0.4, 0.5) is 11.4 Å². The zero-order chi connectivity index (χ0) is 17.9. The summed E-state index contributed by atoms with van der Waals surface area (Å²) in [5.74, 6) is 0. The van der Waals surface area contributed by atoms with Crippen LogP contribution in [0.15, 0.2) is 84.0 Å². The summed E-state index contributed by atoms with van der Waals surface area (Å²) in [6.45, 7) is 0.553. The van der Waals surface area contributed by atoms with Crippen LogP contribution in [-0.2, 0) is 6.54 Å². The molecule has 1 aliphatic rings. The highest BCUT2D eigenvalue weighted by atomic mass is 15.5. The number of nitrogens with zero attached hydrogens (tertiary/aromatic N) is 2. The highest BCUT2D eigenvalue weighted by molar-refractivity contribution is 6.03. The Morgan fingerprint density at radius 1 is 0.885 bits per heavy atom. The summed E-state index contributed by atoms with van der Waals surface area (Å²) in [5, 5.41) is 7.06. The van der Waals surface area contributed by atoms with Crippen molar-refractivity contribution in [2.24, 2.45) is 10.8 Å². The van der Waals surface area contributed by atoms with Gasteiger partial charge < -0.3 is 11.5 Å². The van der Waals surface area contributed by atoms with E-state index in [0.717, 1.165) is 34.6 Å². The maximum atomic E-state index is 5.86. The summed E-state index contributed by atoms with van der Waals surface area (Å²) in [4.78, 5) is 0. The second kappa shape index (κ2) is 7.02. The van der Waals surface area contributed by atoms with Crippen LogP contribution in [0, 0.1) is 0 Å². The molecule has 4 N–H and O–H groups in total. The number of nitrogens with two attached hydrogens (primary N) is 2. The number of rotatable bonds is 4. The molecule has 1 atom stereocenters. The van der Waals surface area contributed by atoms with Crippen molar-refractivity contribution in [2.75, 3.05) is 10.7 Å². The Balaban J connectivity index is 1.71. The van der Waals surface area contributed by atoms with Gasteiger partial charge in [-0.05, 0) is 41.0 Å². The fourth-order valence-corrected chi connectivity index (χ4v) is 3.31. The standard InChI is InChI=1S/C22H22N4/c23-15-16-6-8-17(9-7-16)21-14-22(18-10-12-19(24)13-11-18)26(25-21)20-4-2-1-3-5-20/h1-13,22H,14-15,23-24H2. The van der Waals surface area contributed by atoms with Gasteiger partial charge in [-0.3, -0.25) is 5.01 Å². The highest BCUT2D eigenvalue weighted by Gasteiger charge is 2.29. The molecule has 4 heteroatoms. The molecule has 0 fully saturated rings. The molecule has 0 radical (unpaired) electrons. The number of hydrazone groups is 1. The van der Waals surface area contributed by atoms with Crippen molar-refractivity contribution in [1.29, 1.82) is 0 Å². The maximum absolute atomic E-state index is 5.86. The fourth-order valence-electron chi connectivity index (χ4n) is 3.31. The summed E-state index contributed by atoms with van der Waals surface area (Å²) in [6, 6.07) is 26.9. The van der Waals surface area contributed by atoms with Gasteiger partial charge in [0, 0.05) is 18.7 Å². The predicted molar refractivity (Wildman–Crippen MR) is 108 cm³/mol. The lowest BCUT2D eigenvalue weighted by Crippen LogP contribution is -2.18. The molecule has 0 amide bonds. The summed E-state index contributed by atoms with van der Waals surface area (Å²) in [6.07, 6.45) is 0.848. The van der Waals surface area contributed by atoms with Gasteiger partial charge in [-0.2, -0.15) is 5.10 Å². The summed E-state index contributed by atoms with van der Waals surface area (Å²) in [5.41, 5.74) is 18.0. The molecule has 0 aromatic heterocycles. The monoisotopic (exact) mass is 342 g/mol. The molecule has 4 rings (SSSR count). The van der Waals surface area contributed by atoms with Crippen molar-refractivity contribution < 1.29 is 0 Å². The van der Waals surface area contributed by atoms with Crippen molar-refractivity contribution in [2.45, 2.75) is 19.0 Å². The van der Waals surface area contributed by atoms with Crippen LogP contribution in [-0.4, -0.2) is 5.71 Å². The molecule has 26 heavy (non-hydrogen) atoms. The minimum atomic E-state index is 0.155. The van der Waals surface area contributed by atoms with Gasteiger partial charge >= 0.3 is 0 Å². The Kier molecular flexibility index (Phi) is 4.42. The summed E-state index contributed by atoms with van der Waals surface area (Å²) >= 11 is 0. The van der Waals surface area contributed by atoms with E-state index in [1.54, 1.807) is 0 Å². The van der Waals surface area contributed by atoms with E-state index < -0.39 is 0 Å². The number of hydrogen-bond acceptors (Lipinski definition) is 4. The second-order valence-corrected chi connectivity index (χ2v) is 6.51. The van der Waals surface area contributed by atoms with Crippen LogP contribution in [0.1, 0.15) is 29.2 Å². The van der Waals surface area contributed by atoms with E-state index in [4.69, 9.17) is 16.6 Å². The lowest BCUT2D eigenvalue weighted by molar-refractivity contribution is 0.709. The predicted octanol–water partition coefficient (Wildman–Crippen LogP) is 4.08. The van der Waals surface area contributed by atoms with E-state index in [1.807, 2.05) is 30.3 Å². The van der Waals surface area contributed by atoms with Crippen LogP contribution < -0.4 is 16.5 Å². The molecule has 0 saturated carbocycles. The Morgan fingerprint density at radius 3 is 2.23 bits per heavy atom. The molecule has 0 aliphatic carbocycles. The van der Waals surface area contributed by atoms with Gasteiger partial charge in [0.1, 0.15) is 0 Å². The van der Waals surface area contributed by atoms with Crippen molar-refractivity contribution in [3.05, 3.63) is 95.6 Å². The van der Waals surface area contributed by atoms with E-state index in [9.17, 15) is 0 Å². The molecule has 0 bridgehead atoms. The van der Waals surface area contributed by atoms with Gasteiger partial charge in [0.05, 0.1) is 17.4 Å². The average molecular weight is 342 g/mol. The molecule has 3 aromatic carbocycles. The van der Waals surface area contributed by atoms with E-state index in [-0.39, 0.29) is 6.04 Å². The number of nitrogen functional groups attached to an aromatic ring is 1. The van der Waals surface area contributed by atoms with Gasteiger partial charge in [-0.15, -0.1) is 0 Å². The Hall–Kier alpha value is -3.11. The minimum Gasteiger partial charge on any atom is -0.399 e. The number of para-hydroxylation sites is 1. The largest absolute Gasteiger partial charge is 0.399 e. The van der Waals surface area contributed by atoms with Gasteiger partial charge in [0.2, 0.25) is 0 Å². The molecule has 1 aliphatic heterocycles. The fraction of sp³-hybridized carbons (Fsp3) is 0.136. The Labute approximate surface area is 153 Å². The van der Waals surface area contributed by atoms with E-state index in [1.165, 1.54) is 5.56 Å². The van der Waals surface area contributed by atoms with E-state index in [0.29, 0.717) is 6.54 Å². The normalized spacial score (nSPS) is 16.6. The molecule has 3 aromatic rings. The molecular weight excluding hydrogens is 320 g/mol. The molecule has 0 saturated heterocycles. The lowest BCUT2D eigenvalue weighted by Gasteiger charge is -2.24. The lowest BCUT2D eigenvalue weighted by atomic mass is 9.97. The van der Waals surface area contributed by atoms with Crippen molar-refractivity contribution in [1.82, 2.24) is 0 Å². The van der Waals surface area contributed by atoms with Crippen LogP contribution >= 0.6 is 0 Å². The zero-order valence-corrected chi connectivity index (χ0v) is 14.5. The number of hydrogen-bond donors (Lipinski definition) is 2. The van der Waals surface area contributed by atoms with Gasteiger partial charge in [0.15, 0.2) is 0 Å². The SMILES string of the molecule is NCc1ccc(C2=NN(c3ccccc3)C(c3ccc(N)cc3)C2)cc1. The van der Waals surface area contributed by atoms with Crippen LogP contribution in [0.25, 0.3) is 0 Å². The summed E-state index contributed by atoms with van der Waals surface area (Å²) < 4.78 is 0. The molecule has 0 spiro atoms. The van der Waals surface area contributed by atoms with Crippen molar-refractivity contribution in [3.8, 4) is 0 Å². The third-order valence-electron chi connectivity index (χ3n) is 4.78.